The van der Waals surface area contributed by atoms with E-state index in [1.165, 1.54) is 24.1 Å². The number of amides is 1. The highest BCUT2D eigenvalue weighted by molar-refractivity contribution is 6.10. The lowest BCUT2D eigenvalue weighted by Crippen LogP contribution is -2.39. The predicted octanol–water partition coefficient (Wildman–Crippen LogP) is 5.42. The first-order valence-electron chi connectivity index (χ1n) is 11.1. The highest BCUT2D eigenvalue weighted by atomic mass is 19.3. The molecule has 0 bridgehead atoms. The van der Waals surface area contributed by atoms with Gasteiger partial charge in [0.15, 0.2) is 0 Å². The van der Waals surface area contributed by atoms with Crippen LogP contribution in [-0.2, 0) is 11.2 Å². The van der Waals surface area contributed by atoms with Crippen LogP contribution in [0.15, 0.2) is 36.5 Å². The molecule has 1 aliphatic heterocycles. The average molecular weight is 521 g/mol. The lowest BCUT2D eigenvalue weighted by molar-refractivity contribution is -0.0529. The number of methoxy groups -OCH3 is 1. The van der Waals surface area contributed by atoms with Crippen LogP contribution in [0.25, 0.3) is 11.3 Å². The van der Waals surface area contributed by atoms with Crippen LogP contribution in [0, 0.1) is 11.6 Å². The van der Waals surface area contributed by atoms with Crippen molar-refractivity contribution in [3.05, 3.63) is 59.4 Å². The predicted molar refractivity (Wildman–Crippen MR) is 124 cm³/mol. The van der Waals surface area contributed by atoms with Crippen molar-refractivity contribution in [1.82, 2.24) is 9.55 Å². The smallest absolute Gasteiger partial charge is 0.419 e. The van der Waals surface area contributed by atoms with E-state index in [9.17, 15) is 27.2 Å². The van der Waals surface area contributed by atoms with E-state index in [0.717, 1.165) is 29.0 Å². The summed E-state index contributed by atoms with van der Waals surface area (Å²) in [5.74, 6) is -2.85. The van der Waals surface area contributed by atoms with Gasteiger partial charge in [-0.25, -0.2) is 23.1 Å². The van der Waals surface area contributed by atoms with Crippen LogP contribution in [0.2, 0.25) is 0 Å². The van der Waals surface area contributed by atoms with Gasteiger partial charge in [-0.2, -0.15) is 8.78 Å². The molecule has 4 rings (SSSR count). The first-order valence-corrected chi connectivity index (χ1v) is 11.1. The van der Waals surface area contributed by atoms with E-state index in [1.54, 1.807) is 20.8 Å². The molecule has 3 aromatic rings. The zero-order chi connectivity index (χ0) is 27.1. The number of hydrogen-bond acceptors (Lipinski definition) is 6. The summed E-state index contributed by atoms with van der Waals surface area (Å²) in [5, 5.41) is 0. The number of rotatable bonds is 5. The molecule has 8 nitrogen and oxygen atoms in total. The highest BCUT2D eigenvalue weighted by Crippen LogP contribution is 2.38. The molecule has 0 radical (unpaired) electrons. The van der Waals surface area contributed by atoms with Crippen LogP contribution >= 0.6 is 0 Å². The maximum atomic E-state index is 14.8. The molecule has 0 unspecified atom stereocenters. The second-order valence-electron chi connectivity index (χ2n) is 9.08. The Balaban J connectivity index is 1.83. The minimum Gasteiger partial charge on any atom is -0.494 e. The molecule has 196 valence electrons. The zero-order valence-electron chi connectivity index (χ0n) is 20.4. The Morgan fingerprint density at radius 1 is 1.14 bits per heavy atom. The van der Waals surface area contributed by atoms with E-state index in [2.05, 4.69) is 9.72 Å². The molecule has 1 aliphatic rings. The first kappa shape index (κ1) is 26.0. The van der Waals surface area contributed by atoms with Crippen LogP contribution in [0.1, 0.15) is 36.8 Å². The molecule has 1 aromatic carbocycles. The Hall–Kier alpha value is -4.09. The minimum absolute atomic E-state index is 0.00437. The number of hydrogen-bond donors (Lipinski definition) is 0. The molecular weight excluding hydrogens is 498 g/mol. The van der Waals surface area contributed by atoms with Gasteiger partial charge in [-0.1, -0.05) is 6.07 Å². The van der Waals surface area contributed by atoms with Gasteiger partial charge in [-0.05, 0) is 39.0 Å². The van der Waals surface area contributed by atoms with Crippen molar-refractivity contribution >= 4 is 17.7 Å². The summed E-state index contributed by atoms with van der Waals surface area (Å²) in [6, 6.07) is 5.59. The molecule has 0 N–H and O–H groups in total. The Bertz CT molecular complexity index is 1350. The number of carbonyl (C=O) groups is 2. The average Bonchev–Trinajstić information content (AvgIpc) is 3.18. The number of pyridine rings is 1. The summed E-state index contributed by atoms with van der Waals surface area (Å²) in [6.07, 6.45) is 0.330. The van der Waals surface area contributed by atoms with E-state index < -0.39 is 47.3 Å². The van der Waals surface area contributed by atoms with Crippen molar-refractivity contribution in [2.75, 3.05) is 18.6 Å². The molecule has 0 saturated carbocycles. The van der Waals surface area contributed by atoms with E-state index in [-0.39, 0.29) is 41.4 Å². The van der Waals surface area contributed by atoms with Gasteiger partial charge in [0.25, 0.3) is 5.91 Å². The van der Waals surface area contributed by atoms with E-state index in [1.807, 2.05) is 0 Å². The Labute approximate surface area is 209 Å². The Morgan fingerprint density at radius 2 is 1.81 bits per heavy atom. The number of fused-ring (bicyclic) bond motifs is 1. The van der Waals surface area contributed by atoms with E-state index in [0.29, 0.717) is 0 Å². The third-order valence-electron chi connectivity index (χ3n) is 5.49. The number of aromatic nitrogens is 2. The summed E-state index contributed by atoms with van der Waals surface area (Å²) < 4.78 is 70.7. The number of carbonyl (C=O) groups excluding carboxylic acids is 2. The number of alkyl halides is 2. The molecule has 12 heteroatoms. The molecule has 2 aromatic heterocycles. The van der Waals surface area contributed by atoms with Crippen LogP contribution in [0.3, 0.4) is 0 Å². The first-order chi connectivity index (χ1) is 17.4. The molecule has 37 heavy (non-hydrogen) atoms. The van der Waals surface area contributed by atoms with E-state index in [4.69, 9.17) is 9.47 Å². The van der Waals surface area contributed by atoms with E-state index >= 15 is 0 Å². The fraction of sp³-hybridized carbons (Fsp3) is 0.320. The largest absolute Gasteiger partial charge is 0.494 e. The molecule has 0 atom stereocenters. The van der Waals surface area contributed by atoms with Crippen LogP contribution in [-0.4, -0.2) is 47.4 Å². The second kappa shape index (κ2) is 9.75. The van der Waals surface area contributed by atoms with Gasteiger partial charge in [-0.3, -0.25) is 4.79 Å². The standard InChI is InChI=1S/C25H23F4N3O5/c1-25(2,3)37-24(34)32-16-8-9-31(18-12-30-20(36-23(28)29)11-19(18)35-4)22(33)13(16)10-17(32)21-14(26)6-5-7-15(21)27/h5-7,10-12,23H,8-9H2,1-4H3. The molecule has 1 amide bonds. The van der Waals surface area contributed by atoms with Crippen molar-refractivity contribution in [2.24, 2.45) is 0 Å². The molecule has 0 spiro atoms. The van der Waals surface area contributed by atoms with Crippen molar-refractivity contribution in [2.45, 2.75) is 39.4 Å². The zero-order valence-corrected chi connectivity index (χ0v) is 20.4. The summed E-state index contributed by atoms with van der Waals surface area (Å²) in [4.78, 5) is 31.8. The number of nitrogens with zero attached hydrogens (tertiary/aromatic N) is 3. The summed E-state index contributed by atoms with van der Waals surface area (Å²) >= 11 is 0. The van der Waals surface area contributed by atoms with Crippen LogP contribution < -0.4 is 14.4 Å². The Kier molecular flexibility index (Phi) is 6.85. The quantitative estimate of drug-likeness (QED) is 0.417. The Morgan fingerprint density at radius 3 is 2.41 bits per heavy atom. The molecule has 0 fully saturated rings. The van der Waals surface area contributed by atoms with Crippen molar-refractivity contribution in [1.29, 1.82) is 0 Å². The van der Waals surface area contributed by atoms with Gasteiger partial charge in [0.2, 0.25) is 5.88 Å². The van der Waals surface area contributed by atoms with Crippen LogP contribution in [0.5, 0.6) is 11.6 Å². The molecular formula is C25H23F4N3O5. The monoisotopic (exact) mass is 521 g/mol. The lowest BCUT2D eigenvalue weighted by Gasteiger charge is -2.29. The molecule has 3 heterocycles. The fourth-order valence-electron chi connectivity index (χ4n) is 4.05. The SMILES string of the molecule is COc1cc(OC(F)F)ncc1N1CCc2c(cc(-c3c(F)cccc3F)n2C(=O)OC(C)(C)C)C1=O. The van der Waals surface area contributed by atoms with Crippen molar-refractivity contribution < 1.29 is 41.4 Å². The third kappa shape index (κ3) is 5.09. The summed E-state index contributed by atoms with van der Waals surface area (Å²) in [5.41, 5.74) is -1.23. The number of benzene rings is 1. The number of halogens is 4. The highest BCUT2D eigenvalue weighted by Gasteiger charge is 2.36. The fourth-order valence-corrected chi connectivity index (χ4v) is 4.05. The normalized spacial score (nSPS) is 13.5. The van der Waals surface area contributed by atoms with Crippen LogP contribution in [0.4, 0.5) is 28.0 Å². The maximum Gasteiger partial charge on any atom is 0.419 e. The topological polar surface area (TPSA) is 82.9 Å². The van der Waals surface area contributed by atoms with Crippen molar-refractivity contribution in [3.63, 3.8) is 0 Å². The van der Waals surface area contributed by atoms with Crippen molar-refractivity contribution in [3.8, 4) is 22.9 Å². The van der Waals surface area contributed by atoms with Gasteiger partial charge in [0.1, 0.15) is 28.7 Å². The lowest BCUT2D eigenvalue weighted by atomic mass is 10.1. The molecule has 0 saturated heterocycles. The van der Waals surface area contributed by atoms with Gasteiger partial charge < -0.3 is 19.1 Å². The van der Waals surface area contributed by atoms with Gasteiger partial charge >= 0.3 is 12.7 Å². The minimum atomic E-state index is -3.10. The third-order valence-corrected chi connectivity index (χ3v) is 5.49. The molecule has 0 aliphatic carbocycles. The second-order valence-corrected chi connectivity index (χ2v) is 9.08. The summed E-state index contributed by atoms with van der Waals surface area (Å²) in [6.45, 7) is 1.82. The van der Waals surface area contributed by atoms with Gasteiger partial charge in [0.05, 0.1) is 30.1 Å². The number of ether oxygens (including phenoxy) is 3. The van der Waals surface area contributed by atoms with Gasteiger partial charge in [0, 0.05) is 24.7 Å². The van der Waals surface area contributed by atoms with Gasteiger partial charge in [-0.15, -0.1) is 0 Å². The maximum absolute atomic E-state index is 14.8. The summed E-state index contributed by atoms with van der Waals surface area (Å²) in [7, 11) is 1.28. The number of anilines is 1.